The van der Waals surface area contributed by atoms with Gasteiger partial charge in [0.1, 0.15) is 4.70 Å². The number of nitrogens with one attached hydrogen (secondary N) is 1. The molecule has 2 heterocycles. The monoisotopic (exact) mass is 379 g/mol. The predicted octanol–water partition coefficient (Wildman–Crippen LogP) is 3.06. The van der Waals surface area contributed by atoms with Gasteiger partial charge in [-0.2, -0.15) is 0 Å². The Hall–Kier alpha value is -1.83. The molecule has 0 spiro atoms. The molecule has 0 atom stereocenters. The first-order chi connectivity index (χ1) is 11.6. The molecule has 5 nitrogen and oxygen atoms in total. The van der Waals surface area contributed by atoms with Crippen molar-refractivity contribution in [2.45, 2.75) is 11.7 Å². The van der Waals surface area contributed by atoms with E-state index in [4.69, 9.17) is 11.6 Å². The minimum atomic E-state index is -0.139. The molecule has 0 saturated heterocycles. The molecule has 3 aromatic rings. The SMILES string of the molecule is Cn1c(SCC(=O)NCc2ccccc2Cl)nc2ccsc2c1=O. The van der Waals surface area contributed by atoms with Crippen LogP contribution in [0.5, 0.6) is 0 Å². The summed E-state index contributed by atoms with van der Waals surface area (Å²) in [4.78, 5) is 28.7. The van der Waals surface area contributed by atoms with Gasteiger partial charge in [-0.25, -0.2) is 4.98 Å². The lowest BCUT2D eigenvalue weighted by Gasteiger charge is -2.08. The van der Waals surface area contributed by atoms with E-state index in [0.29, 0.717) is 26.9 Å². The van der Waals surface area contributed by atoms with Crippen molar-refractivity contribution in [1.29, 1.82) is 0 Å². The molecule has 0 radical (unpaired) electrons. The lowest BCUT2D eigenvalue weighted by molar-refractivity contribution is -0.118. The molecule has 0 fully saturated rings. The summed E-state index contributed by atoms with van der Waals surface area (Å²) < 4.78 is 2.11. The van der Waals surface area contributed by atoms with Gasteiger partial charge in [0.15, 0.2) is 5.16 Å². The molecule has 1 N–H and O–H groups in total. The van der Waals surface area contributed by atoms with Gasteiger partial charge in [-0.1, -0.05) is 41.6 Å². The molecule has 0 aliphatic heterocycles. The van der Waals surface area contributed by atoms with E-state index < -0.39 is 0 Å². The zero-order chi connectivity index (χ0) is 17.1. The predicted molar refractivity (Wildman–Crippen MR) is 98.9 cm³/mol. The number of thiophene rings is 1. The van der Waals surface area contributed by atoms with E-state index in [1.807, 2.05) is 29.6 Å². The van der Waals surface area contributed by atoms with Gasteiger partial charge in [-0.15, -0.1) is 11.3 Å². The largest absolute Gasteiger partial charge is 0.351 e. The van der Waals surface area contributed by atoms with E-state index in [0.717, 1.165) is 5.56 Å². The van der Waals surface area contributed by atoms with Gasteiger partial charge in [0.2, 0.25) is 5.91 Å². The molecule has 3 rings (SSSR count). The average Bonchev–Trinajstić information content (AvgIpc) is 3.04. The van der Waals surface area contributed by atoms with E-state index in [1.165, 1.54) is 27.7 Å². The molecule has 0 unspecified atom stereocenters. The Labute approximate surface area is 151 Å². The maximum absolute atomic E-state index is 12.2. The van der Waals surface area contributed by atoms with Gasteiger partial charge in [0.25, 0.3) is 5.56 Å². The van der Waals surface area contributed by atoms with Crippen LogP contribution in [-0.2, 0) is 18.4 Å². The van der Waals surface area contributed by atoms with Crippen molar-refractivity contribution < 1.29 is 4.79 Å². The number of fused-ring (bicyclic) bond motifs is 1. The summed E-state index contributed by atoms with van der Waals surface area (Å²) in [6.45, 7) is 0.370. The Balaban J connectivity index is 1.63. The van der Waals surface area contributed by atoms with Crippen molar-refractivity contribution in [2.75, 3.05) is 5.75 Å². The summed E-state index contributed by atoms with van der Waals surface area (Å²) in [5, 5.41) is 5.81. The topological polar surface area (TPSA) is 64.0 Å². The number of hydrogen-bond acceptors (Lipinski definition) is 5. The fourth-order valence-electron chi connectivity index (χ4n) is 2.11. The molecule has 8 heteroatoms. The first-order valence-electron chi connectivity index (χ1n) is 7.13. The zero-order valence-electron chi connectivity index (χ0n) is 12.8. The fraction of sp³-hybridized carbons (Fsp3) is 0.188. The summed E-state index contributed by atoms with van der Waals surface area (Å²) in [5.74, 6) is 0.0417. The summed E-state index contributed by atoms with van der Waals surface area (Å²) >= 11 is 8.67. The molecule has 0 aliphatic rings. The number of hydrogen-bond donors (Lipinski definition) is 1. The van der Waals surface area contributed by atoms with Crippen LogP contribution in [0.1, 0.15) is 5.56 Å². The van der Waals surface area contributed by atoms with Gasteiger partial charge < -0.3 is 5.32 Å². The van der Waals surface area contributed by atoms with E-state index in [1.54, 1.807) is 13.1 Å². The van der Waals surface area contributed by atoms with Crippen molar-refractivity contribution in [1.82, 2.24) is 14.9 Å². The number of halogens is 1. The Morgan fingerprint density at radius 3 is 2.96 bits per heavy atom. The standard InChI is InChI=1S/C16H14ClN3O2S2/c1-20-15(22)14-12(6-7-23-14)19-16(20)24-9-13(21)18-8-10-4-2-3-5-11(10)17/h2-7H,8-9H2,1H3,(H,18,21). The Morgan fingerprint density at radius 1 is 1.38 bits per heavy atom. The van der Waals surface area contributed by atoms with Crippen LogP contribution in [0.25, 0.3) is 10.2 Å². The first kappa shape index (κ1) is 17.0. The number of aromatic nitrogens is 2. The number of thioether (sulfide) groups is 1. The van der Waals surface area contributed by atoms with E-state index in [9.17, 15) is 9.59 Å². The summed E-state index contributed by atoms with van der Waals surface area (Å²) in [5.41, 5.74) is 1.44. The van der Waals surface area contributed by atoms with Gasteiger partial charge >= 0.3 is 0 Å². The Bertz CT molecular complexity index is 952. The number of amides is 1. The van der Waals surface area contributed by atoms with Crippen LogP contribution in [0.15, 0.2) is 45.7 Å². The highest BCUT2D eigenvalue weighted by Gasteiger charge is 2.11. The molecule has 0 saturated carbocycles. The summed E-state index contributed by atoms with van der Waals surface area (Å²) in [6, 6.07) is 9.18. The van der Waals surface area contributed by atoms with Crippen molar-refractivity contribution >= 4 is 50.8 Å². The molecule has 2 aromatic heterocycles. The minimum Gasteiger partial charge on any atom is -0.351 e. The minimum absolute atomic E-state index is 0.0889. The Morgan fingerprint density at radius 2 is 2.17 bits per heavy atom. The van der Waals surface area contributed by atoms with Crippen LogP contribution in [0.2, 0.25) is 5.02 Å². The van der Waals surface area contributed by atoms with Gasteiger partial charge in [0.05, 0.1) is 11.3 Å². The number of nitrogens with zero attached hydrogens (tertiary/aromatic N) is 2. The molecular formula is C16H14ClN3O2S2. The molecule has 1 amide bonds. The maximum Gasteiger partial charge on any atom is 0.271 e. The van der Waals surface area contributed by atoms with Gasteiger partial charge in [-0.3, -0.25) is 14.2 Å². The third-order valence-corrected chi connectivity index (χ3v) is 5.70. The lowest BCUT2D eigenvalue weighted by atomic mass is 10.2. The number of carbonyl (C=O) groups excluding carboxylic acids is 1. The maximum atomic E-state index is 12.2. The number of rotatable bonds is 5. The fourth-order valence-corrected chi connectivity index (χ4v) is 3.92. The van der Waals surface area contributed by atoms with Crippen LogP contribution in [0.3, 0.4) is 0 Å². The third kappa shape index (κ3) is 3.63. The Kier molecular flexibility index (Phi) is 5.23. The molecule has 24 heavy (non-hydrogen) atoms. The average molecular weight is 380 g/mol. The van der Waals surface area contributed by atoms with Crippen molar-refractivity contribution in [3.05, 3.63) is 56.7 Å². The normalized spacial score (nSPS) is 10.9. The van der Waals surface area contributed by atoms with Crippen molar-refractivity contribution in [3.8, 4) is 0 Å². The highest BCUT2D eigenvalue weighted by molar-refractivity contribution is 7.99. The van der Waals surface area contributed by atoms with Crippen LogP contribution in [-0.4, -0.2) is 21.2 Å². The second kappa shape index (κ2) is 7.38. The molecular weight excluding hydrogens is 366 g/mol. The van der Waals surface area contributed by atoms with E-state index in [2.05, 4.69) is 10.3 Å². The van der Waals surface area contributed by atoms with Gasteiger partial charge in [-0.05, 0) is 23.1 Å². The third-order valence-electron chi connectivity index (χ3n) is 3.41. The zero-order valence-corrected chi connectivity index (χ0v) is 15.2. The first-order valence-corrected chi connectivity index (χ1v) is 9.37. The second-order valence-corrected chi connectivity index (χ2v) is 7.32. The number of benzene rings is 1. The van der Waals surface area contributed by atoms with Crippen LogP contribution in [0, 0.1) is 0 Å². The highest BCUT2D eigenvalue weighted by atomic mass is 35.5. The highest BCUT2D eigenvalue weighted by Crippen LogP contribution is 2.20. The molecule has 0 aliphatic carbocycles. The van der Waals surface area contributed by atoms with Crippen molar-refractivity contribution in [2.24, 2.45) is 7.05 Å². The van der Waals surface area contributed by atoms with Crippen molar-refractivity contribution in [3.63, 3.8) is 0 Å². The van der Waals surface area contributed by atoms with Gasteiger partial charge in [0, 0.05) is 18.6 Å². The molecule has 0 bridgehead atoms. The smallest absolute Gasteiger partial charge is 0.271 e. The lowest BCUT2D eigenvalue weighted by Crippen LogP contribution is -2.25. The van der Waals surface area contributed by atoms with Crippen LogP contribution >= 0.6 is 34.7 Å². The van der Waals surface area contributed by atoms with E-state index in [-0.39, 0.29) is 17.2 Å². The summed E-state index contributed by atoms with van der Waals surface area (Å²) in [7, 11) is 1.67. The number of carbonyl (C=O) groups is 1. The second-order valence-electron chi connectivity index (χ2n) is 5.05. The van der Waals surface area contributed by atoms with E-state index >= 15 is 0 Å². The quantitative estimate of drug-likeness (QED) is 0.546. The summed E-state index contributed by atoms with van der Waals surface area (Å²) in [6.07, 6.45) is 0. The molecule has 124 valence electrons. The van der Waals surface area contributed by atoms with Crippen LogP contribution in [0.4, 0.5) is 0 Å². The molecule has 1 aromatic carbocycles. The van der Waals surface area contributed by atoms with Crippen LogP contribution < -0.4 is 10.9 Å².